The van der Waals surface area contributed by atoms with Crippen molar-refractivity contribution in [2.75, 3.05) is 20.2 Å². The van der Waals surface area contributed by atoms with Crippen LogP contribution in [0.2, 0.25) is 0 Å². The first-order valence-corrected chi connectivity index (χ1v) is 2.59. The number of carbonyl (C=O) groups excluding carboxylic acids is 1. The number of carbonyl (C=O) groups is 1. The summed E-state index contributed by atoms with van der Waals surface area (Å²) in [4.78, 5) is 24.6. The third kappa shape index (κ3) is 4.82. The van der Waals surface area contributed by atoms with Gasteiger partial charge in [-0.05, 0) is 0 Å². The van der Waals surface area contributed by atoms with E-state index < -0.39 is 5.09 Å². The summed E-state index contributed by atoms with van der Waals surface area (Å²) in [5, 5.41) is 8.66. The zero-order valence-electron chi connectivity index (χ0n) is 5.52. The maximum absolute atomic E-state index is 9.88. The lowest BCUT2D eigenvalue weighted by Gasteiger charge is -2.07. The van der Waals surface area contributed by atoms with Gasteiger partial charge in [0, 0.05) is 13.6 Å². The Hall–Kier alpha value is -1.33. The Labute approximate surface area is 57.5 Å². The topological polar surface area (TPSA) is 72.7 Å². The summed E-state index contributed by atoms with van der Waals surface area (Å²) in [6, 6.07) is 0. The van der Waals surface area contributed by atoms with Crippen LogP contribution in [0.5, 0.6) is 0 Å². The summed E-state index contributed by atoms with van der Waals surface area (Å²) in [6.45, 7) is 0.146. The summed E-state index contributed by atoms with van der Waals surface area (Å²) in [5.74, 6) is 0. The van der Waals surface area contributed by atoms with Gasteiger partial charge in [-0.3, -0.25) is 4.79 Å². The van der Waals surface area contributed by atoms with Gasteiger partial charge in [-0.1, -0.05) is 0 Å². The highest BCUT2D eigenvalue weighted by molar-refractivity contribution is 5.46. The van der Waals surface area contributed by atoms with Crippen molar-refractivity contribution in [1.82, 2.24) is 4.90 Å². The molecule has 0 unspecified atom stereocenters. The molecular formula is C4H8N2O4. The van der Waals surface area contributed by atoms with E-state index in [1.165, 1.54) is 11.9 Å². The van der Waals surface area contributed by atoms with Gasteiger partial charge in [0.1, 0.15) is 6.61 Å². The van der Waals surface area contributed by atoms with Gasteiger partial charge in [-0.25, -0.2) is 0 Å². The first-order valence-electron chi connectivity index (χ1n) is 2.59. The minimum Gasteiger partial charge on any atom is -0.346 e. The van der Waals surface area contributed by atoms with Crippen molar-refractivity contribution in [3.8, 4) is 0 Å². The fourth-order valence-electron chi connectivity index (χ4n) is 0.312. The largest absolute Gasteiger partial charge is 0.346 e. The molecule has 0 spiro atoms. The van der Waals surface area contributed by atoms with Crippen molar-refractivity contribution in [1.29, 1.82) is 0 Å². The lowest BCUT2D eigenvalue weighted by Crippen LogP contribution is -2.22. The van der Waals surface area contributed by atoms with Gasteiger partial charge < -0.3 is 9.74 Å². The molecule has 0 heterocycles. The van der Waals surface area contributed by atoms with E-state index in [0.29, 0.717) is 6.41 Å². The number of rotatable bonds is 5. The van der Waals surface area contributed by atoms with E-state index in [0.717, 1.165) is 0 Å². The van der Waals surface area contributed by atoms with E-state index >= 15 is 0 Å². The van der Waals surface area contributed by atoms with Crippen molar-refractivity contribution < 1.29 is 14.7 Å². The van der Waals surface area contributed by atoms with E-state index in [2.05, 4.69) is 4.84 Å². The summed E-state index contributed by atoms with van der Waals surface area (Å²) in [5.41, 5.74) is 0. The molecule has 0 aromatic rings. The highest BCUT2D eigenvalue weighted by atomic mass is 16.9. The Morgan fingerprint density at radius 3 is 2.80 bits per heavy atom. The molecule has 0 aliphatic heterocycles. The quantitative estimate of drug-likeness (QED) is 0.293. The van der Waals surface area contributed by atoms with Crippen LogP contribution >= 0.6 is 0 Å². The van der Waals surface area contributed by atoms with Crippen LogP contribution in [0.15, 0.2) is 0 Å². The Morgan fingerprint density at radius 1 is 1.80 bits per heavy atom. The van der Waals surface area contributed by atoms with E-state index in [-0.39, 0.29) is 13.2 Å². The zero-order chi connectivity index (χ0) is 7.98. The highest BCUT2D eigenvalue weighted by Crippen LogP contribution is 1.77. The van der Waals surface area contributed by atoms with Crippen LogP contribution in [-0.2, 0) is 9.63 Å². The average Bonchev–Trinajstić information content (AvgIpc) is 1.87. The molecule has 58 valence electrons. The van der Waals surface area contributed by atoms with Gasteiger partial charge in [-0.2, -0.15) is 0 Å². The molecule has 1 amide bonds. The first kappa shape index (κ1) is 8.67. The third-order valence-electron chi connectivity index (χ3n) is 0.821. The monoisotopic (exact) mass is 148 g/mol. The second-order valence-corrected chi connectivity index (χ2v) is 1.64. The normalized spacial score (nSPS) is 8.50. The van der Waals surface area contributed by atoms with Gasteiger partial charge in [0.25, 0.3) is 5.09 Å². The minimum atomic E-state index is -0.890. The summed E-state index contributed by atoms with van der Waals surface area (Å²) in [6.07, 6.45) is 0.573. The van der Waals surface area contributed by atoms with Crippen molar-refractivity contribution in [3.05, 3.63) is 10.1 Å². The number of nitrogens with zero attached hydrogens (tertiary/aromatic N) is 2. The van der Waals surface area contributed by atoms with Crippen molar-refractivity contribution >= 4 is 6.41 Å². The van der Waals surface area contributed by atoms with E-state index in [1.807, 2.05) is 0 Å². The van der Waals surface area contributed by atoms with Crippen molar-refractivity contribution in [2.45, 2.75) is 0 Å². The molecule has 0 aromatic carbocycles. The standard InChI is InChI=1S/C4H8N2O4/c1-5(4-7)2-3-10-6(8)9/h4H,2-3H2,1H3. The average molecular weight is 148 g/mol. The van der Waals surface area contributed by atoms with Gasteiger partial charge in [0.15, 0.2) is 0 Å². The smallest absolute Gasteiger partial charge is 0.294 e. The van der Waals surface area contributed by atoms with E-state index in [1.54, 1.807) is 0 Å². The molecule has 10 heavy (non-hydrogen) atoms. The highest BCUT2D eigenvalue weighted by Gasteiger charge is 1.95. The van der Waals surface area contributed by atoms with Gasteiger partial charge in [0.2, 0.25) is 6.41 Å². The Morgan fingerprint density at radius 2 is 2.40 bits per heavy atom. The summed E-state index contributed by atoms with van der Waals surface area (Å²) in [7, 11) is 1.51. The number of hydrogen-bond donors (Lipinski definition) is 0. The number of amides is 1. The Balaban J connectivity index is 3.19. The van der Waals surface area contributed by atoms with E-state index in [4.69, 9.17) is 0 Å². The summed E-state index contributed by atoms with van der Waals surface area (Å²) >= 11 is 0. The molecule has 0 saturated carbocycles. The molecule has 6 nitrogen and oxygen atoms in total. The number of hydrogen-bond acceptors (Lipinski definition) is 4. The molecule has 0 saturated heterocycles. The SMILES string of the molecule is CN(C=O)CCO[N+](=O)[O-]. The minimum absolute atomic E-state index is 0.0811. The molecule has 0 radical (unpaired) electrons. The molecule has 0 bridgehead atoms. The van der Waals surface area contributed by atoms with Crippen LogP contribution in [0.1, 0.15) is 0 Å². The molecule has 0 aromatic heterocycles. The van der Waals surface area contributed by atoms with Gasteiger partial charge >= 0.3 is 0 Å². The fourth-order valence-corrected chi connectivity index (χ4v) is 0.312. The van der Waals surface area contributed by atoms with Crippen molar-refractivity contribution in [2.24, 2.45) is 0 Å². The molecule has 0 atom stereocenters. The zero-order valence-corrected chi connectivity index (χ0v) is 5.52. The first-order chi connectivity index (χ1) is 4.66. The molecule has 6 heteroatoms. The van der Waals surface area contributed by atoms with Gasteiger partial charge in [-0.15, -0.1) is 10.1 Å². The molecule has 0 N–H and O–H groups in total. The van der Waals surface area contributed by atoms with Crippen LogP contribution < -0.4 is 0 Å². The third-order valence-corrected chi connectivity index (χ3v) is 0.821. The second kappa shape index (κ2) is 4.54. The predicted octanol–water partition coefficient (Wildman–Crippen LogP) is -0.717. The molecular weight excluding hydrogens is 140 g/mol. The molecule has 0 aliphatic carbocycles. The Bertz CT molecular complexity index is 126. The second-order valence-electron chi connectivity index (χ2n) is 1.64. The van der Waals surface area contributed by atoms with Gasteiger partial charge in [0.05, 0.1) is 0 Å². The predicted molar refractivity (Wildman–Crippen MR) is 31.6 cm³/mol. The van der Waals surface area contributed by atoms with Crippen LogP contribution in [0, 0.1) is 10.1 Å². The molecule has 0 aliphatic rings. The fraction of sp³-hybridized carbons (Fsp3) is 0.750. The van der Waals surface area contributed by atoms with E-state index in [9.17, 15) is 14.9 Å². The van der Waals surface area contributed by atoms with Crippen LogP contribution in [0.3, 0.4) is 0 Å². The van der Waals surface area contributed by atoms with Crippen LogP contribution in [-0.4, -0.2) is 36.6 Å². The lowest BCUT2D eigenvalue weighted by molar-refractivity contribution is -0.757. The number of likely N-dealkylation sites (N-methyl/N-ethyl adjacent to an activating group) is 1. The maximum atomic E-state index is 9.88. The lowest BCUT2D eigenvalue weighted by atomic mass is 10.6. The molecule has 0 rings (SSSR count). The summed E-state index contributed by atoms with van der Waals surface area (Å²) < 4.78 is 0. The Kier molecular flexibility index (Phi) is 3.94. The van der Waals surface area contributed by atoms with Crippen molar-refractivity contribution in [3.63, 3.8) is 0 Å². The maximum Gasteiger partial charge on any atom is 0.294 e. The van der Waals surface area contributed by atoms with Crippen LogP contribution in [0.25, 0.3) is 0 Å². The molecule has 0 fully saturated rings. The van der Waals surface area contributed by atoms with Crippen LogP contribution in [0.4, 0.5) is 0 Å².